The van der Waals surface area contributed by atoms with Crippen molar-refractivity contribution in [2.75, 3.05) is 18.0 Å². The zero-order valence-corrected chi connectivity index (χ0v) is 14.6. The number of benzene rings is 1. The first-order chi connectivity index (χ1) is 9.89. The van der Waals surface area contributed by atoms with Crippen LogP contribution in [0.1, 0.15) is 52.5 Å². The van der Waals surface area contributed by atoms with Gasteiger partial charge in [-0.25, -0.2) is 0 Å². The summed E-state index contributed by atoms with van der Waals surface area (Å²) in [7, 11) is 0. The van der Waals surface area contributed by atoms with Crippen molar-refractivity contribution >= 4 is 17.3 Å². The zero-order valence-electron chi connectivity index (χ0n) is 13.9. The monoisotopic (exact) mass is 308 g/mol. The number of nitrogens with zero attached hydrogens (tertiary/aromatic N) is 1. The fraction of sp³-hybridized carbons (Fsp3) is 0.667. The molecule has 1 aliphatic rings. The highest BCUT2D eigenvalue weighted by Gasteiger charge is 2.22. The lowest BCUT2D eigenvalue weighted by atomic mass is 9.85. The van der Waals surface area contributed by atoms with E-state index in [9.17, 15) is 0 Å². The van der Waals surface area contributed by atoms with Gasteiger partial charge in [-0.05, 0) is 64.2 Å². The number of hydrogen-bond donors (Lipinski definition) is 1. The first-order valence-electron chi connectivity index (χ1n) is 8.17. The SMILES string of the molecule is CCN(CC1CCC1)c1cc(Cl)ccc1CNC(C)(C)C. The van der Waals surface area contributed by atoms with Gasteiger partial charge in [0.25, 0.3) is 0 Å². The van der Waals surface area contributed by atoms with E-state index in [2.05, 4.69) is 50.0 Å². The average molecular weight is 309 g/mol. The summed E-state index contributed by atoms with van der Waals surface area (Å²) in [6.07, 6.45) is 4.16. The lowest BCUT2D eigenvalue weighted by molar-refractivity contribution is 0.318. The van der Waals surface area contributed by atoms with Crippen molar-refractivity contribution in [3.8, 4) is 0 Å². The molecule has 0 saturated heterocycles. The van der Waals surface area contributed by atoms with Gasteiger partial charge >= 0.3 is 0 Å². The molecule has 0 bridgehead atoms. The van der Waals surface area contributed by atoms with Gasteiger partial charge in [0.05, 0.1) is 0 Å². The van der Waals surface area contributed by atoms with Gasteiger partial charge in [0.15, 0.2) is 0 Å². The summed E-state index contributed by atoms with van der Waals surface area (Å²) in [5.74, 6) is 0.868. The van der Waals surface area contributed by atoms with Gasteiger partial charge in [-0.15, -0.1) is 0 Å². The van der Waals surface area contributed by atoms with Crippen LogP contribution in [0.25, 0.3) is 0 Å². The quantitative estimate of drug-likeness (QED) is 0.807. The van der Waals surface area contributed by atoms with E-state index in [1.807, 2.05) is 6.07 Å². The Morgan fingerprint density at radius 3 is 2.52 bits per heavy atom. The molecule has 1 N–H and O–H groups in total. The molecular formula is C18H29ClN2. The highest BCUT2D eigenvalue weighted by molar-refractivity contribution is 6.30. The minimum atomic E-state index is 0.127. The van der Waals surface area contributed by atoms with Gasteiger partial charge in [-0.2, -0.15) is 0 Å². The third-order valence-corrected chi connectivity index (χ3v) is 4.52. The summed E-state index contributed by atoms with van der Waals surface area (Å²) in [6.45, 7) is 11.9. The van der Waals surface area contributed by atoms with Crippen LogP contribution in [0.3, 0.4) is 0 Å². The molecule has 0 unspecified atom stereocenters. The maximum Gasteiger partial charge on any atom is 0.0426 e. The number of anilines is 1. The Morgan fingerprint density at radius 1 is 1.29 bits per heavy atom. The molecule has 0 aliphatic heterocycles. The number of halogens is 1. The Morgan fingerprint density at radius 2 is 2.00 bits per heavy atom. The maximum absolute atomic E-state index is 6.25. The lowest BCUT2D eigenvalue weighted by Crippen LogP contribution is -2.37. The Hall–Kier alpha value is -0.730. The average Bonchev–Trinajstić information content (AvgIpc) is 2.35. The van der Waals surface area contributed by atoms with E-state index in [1.165, 1.54) is 37.1 Å². The first kappa shape index (κ1) is 16.6. The largest absolute Gasteiger partial charge is 0.371 e. The van der Waals surface area contributed by atoms with Crippen LogP contribution in [0, 0.1) is 5.92 Å². The Balaban J connectivity index is 2.15. The predicted octanol–water partition coefficient (Wildman–Crippen LogP) is 4.85. The molecule has 1 aromatic carbocycles. The van der Waals surface area contributed by atoms with E-state index in [0.29, 0.717) is 0 Å². The molecule has 1 fully saturated rings. The summed E-state index contributed by atoms with van der Waals surface area (Å²) in [4.78, 5) is 2.50. The molecular weight excluding hydrogens is 280 g/mol. The fourth-order valence-corrected chi connectivity index (χ4v) is 2.89. The molecule has 1 aromatic rings. The van der Waals surface area contributed by atoms with Crippen LogP contribution in [-0.4, -0.2) is 18.6 Å². The molecule has 1 saturated carbocycles. The standard InChI is InChI=1S/C18H29ClN2/c1-5-21(13-14-7-6-8-14)17-11-16(19)10-9-15(17)12-20-18(2,3)4/h9-11,14,20H,5-8,12-13H2,1-4H3. The molecule has 0 aromatic heterocycles. The van der Waals surface area contributed by atoms with Crippen molar-refractivity contribution in [1.29, 1.82) is 0 Å². The molecule has 2 nitrogen and oxygen atoms in total. The third-order valence-electron chi connectivity index (χ3n) is 4.28. The van der Waals surface area contributed by atoms with Crippen LogP contribution in [0.2, 0.25) is 5.02 Å². The summed E-state index contributed by atoms with van der Waals surface area (Å²) in [5, 5.41) is 4.42. The summed E-state index contributed by atoms with van der Waals surface area (Å²) < 4.78 is 0. The summed E-state index contributed by atoms with van der Waals surface area (Å²) in [6, 6.07) is 6.30. The minimum Gasteiger partial charge on any atom is -0.371 e. The highest BCUT2D eigenvalue weighted by Crippen LogP contribution is 2.31. The van der Waals surface area contributed by atoms with E-state index >= 15 is 0 Å². The van der Waals surface area contributed by atoms with Crippen LogP contribution in [-0.2, 0) is 6.54 Å². The Labute approximate surface area is 134 Å². The lowest BCUT2D eigenvalue weighted by Gasteiger charge is -2.34. The molecule has 0 radical (unpaired) electrons. The van der Waals surface area contributed by atoms with Crippen molar-refractivity contribution < 1.29 is 0 Å². The second-order valence-corrected chi connectivity index (χ2v) is 7.65. The van der Waals surface area contributed by atoms with Gasteiger partial charge in [-0.3, -0.25) is 0 Å². The molecule has 21 heavy (non-hydrogen) atoms. The van der Waals surface area contributed by atoms with E-state index in [-0.39, 0.29) is 5.54 Å². The van der Waals surface area contributed by atoms with Crippen LogP contribution >= 0.6 is 11.6 Å². The van der Waals surface area contributed by atoms with Crippen LogP contribution in [0.15, 0.2) is 18.2 Å². The maximum atomic E-state index is 6.25. The molecule has 2 rings (SSSR count). The van der Waals surface area contributed by atoms with Crippen molar-refractivity contribution in [1.82, 2.24) is 5.32 Å². The number of rotatable bonds is 6. The van der Waals surface area contributed by atoms with Crippen LogP contribution in [0.4, 0.5) is 5.69 Å². The summed E-state index contributed by atoms with van der Waals surface area (Å²) in [5.41, 5.74) is 2.77. The molecule has 0 spiro atoms. The van der Waals surface area contributed by atoms with E-state index in [1.54, 1.807) is 0 Å². The third kappa shape index (κ3) is 4.89. The summed E-state index contributed by atoms with van der Waals surface area (Å²) >= 11 is 6.25. The van der Waals surface area contributed by atoms with Gasteiger partial charge in [0.2, 0.25) is 0 Å². The second kappa shape index (κ2) is 7.02. The van der Waals surface area contributed by atoms with Gasteiger partial charge in [0, 0.05) is 35.9 Å². The van der Waals surface area contributed by atoms with E-state index < -0.39 is 0 Å². The van der Waals surface area contributed by atoms with Gasteiger partial charge in [-0.1, -0.05) is 24.1 Å². The highest BCUT2D eigenvalue weighted by atomic mass is 35.5. The van der Waals surface area contributed by atoms with Crippen molar-refractivity contribution in [3.63, 3.8) is 0 Å². The number of hydrogen-bond acceptors (Lipinski definition) is 2. The Kier molecular flexibility index (Phi) is 5.56. The van der Waals surface area contributed by atoms with E-state index in [0.717, 1.165) is 24.0 Å². The van der Waals surface area contributed by atoms with Crippen LogP contribution in [0.5, 0.6) is 0 Å². The first-order valence-corrected chi connectivity index (χ1v) is 8.55. The minimum absolute atomic E-state index is 0.127. The predicted molar refractivity (Wildman–Crippen MR) is 93.3 cm³/mol. The molecule has 0 heterocycles. The van der Waals surface area contributed by atoms with Crippen molar-refractivity contribution in [3.05, 3.63) is 28.8 Å². The fourth-order valence-electron chi connectivity index (χ4n) is 2.73. The van der Waals surface area contributed by atoms with Crippen molar-refractivity contribution in [2.24, 2.45) is 5.92 Å². The molecule has 118 valence electrons. The number of nitrogens with one attached hydrogen (secondary N) is 1. The van der Waals surface area contributed by atoms with Crippen LogP contribution < -0.4 is 10.2 Å². The molecule has 3 heteroatoms. The van der Waals surface area contributed by atoms with E-state index in [4.69, 9.17) is 11.6 Å². The second-order valence-electron chi connectivity index (χ2n) is 7.21. The molecule has 1 aliphatic carbocycles. The topological polar surface area (TPSA) is 15.3 Å². The smallest absolute Gasteiger partial charge is 0.0426 e. The van der Waals surface area contributed by atoms with Gasteiger partial charge < -0.3 is 10.2 Å². The Bertz CT molecular complexity index is 461. The van der Waals surface area contributed by atoms with Crippen molar-refractivity contribution in [2.45, 2.75) is 59.0 Å². The molecule has 0 atom stereocenters. The zero-order chi connectivity index (χ0) is 15.5. The van der Waals surface area contributed by atoms with Gasteiger partial charge in [0.1, 0.15) is 0 Å². The normalized spacial score (nSPS) is 15.9. The molecule has 0 amide bonds.